The molecule has 5 heterocycles. The number of hydrazine groups is 1. The van der Waals surface area contributed by atoms with E-state index in [4.69, 9.17) is 14.5 Å². The number of benzene rings is 2. The van der Waals surface area contributed by atoms with Gasteiger partial charge in [-0.2, -0.15) is 0 Å². The smallest absolute Gasteiger partial charge is 0.324 e. The number of nitrogens with one attached hydrogen (secondary N) is 3. The zero-order valence-corrected chi connectivity index (χ0v) is 37.0. The van der Waals surface area contributed by atoms with Gasteiger partial charge in [-0.15, -0.1) is 0 Å². The third kappa shape index (κ3) is 7.96. The SMILES string of the molecule is CCn1c2c3c4cc(ccc41)-c1cc(O)cc(c1)C[C@H](NC(=O)[C@H](C(C)C)N(C)C(=O)C1CCCNC1)C(=O)N1CCC[C@H](N1)C(=O)OCC(C)(C)C3[C@H](OC)c1ncccc1-2. The predicted molar refractivity (Wildman–Crippen MR) is 236 cm³/mol. The van der Waals surface area contributed by atoms with Crippen molar-refractivity contribution in [3.63, 3.8) is 0 Å². The molecule has 0 saturated carbocycles. The lowest BCUT2D eigenvalue weighted by atomic mass is 9.67. The molecule has 4 aromatic rings. The number of carbonyl (C=O) groups is 4. The Bertz CT molecular complexity index is 2370. The average Bonchev–Trinajstić information content (AvgIpc) is 3.60. The molecule has 6 bridgehead atoms. The molecule has 14 nitrogen and oxygen atoms in total. The minimum atomic E-state index is -1.10. The fourth-order valence-corrected chi connectivity index (χ4v) is 10.5. The van der Waals surface area contributed by atoms with Crippen LogP contribution in [0.25, 0.3) is 33.3 Å². The summed E-state index contributed by atoms with van der Waals surface area (Å²) in [6.07, 6.45) is 3.97. The number of amides is 3. The van der Waals surface area contributed by atoms with Crippen molar-refractivity contribution >= 4 is 34.6 Å². The number of rotatable bonds is 7. The number of phenolic OH excluding ortho intramolecular Hbond substituents is 1. The van der Waals surface area contributed by atoms with Gasteiger partial charge in [0, 0.05) is 74.2 Å². The Labute approximate surface area is 363 Å². The average molecular weight is 848 g/mol. The molecule has 2 aromatic heterocycles. The number of carbonyl (C=O) groups excluding carboxylic acids is 4. The van der Waals surface area contributed by atoms with Crippen LogP contribution in [-0.4, -0.2) is 107 Å². The largest absolute Gasteiger partial charge is 0.508 e. The maximum absolute atomic E-state index is 14.7. The van der Waals surface area contributed by atoms with Gasteiger partial charge < -0.3 is 34.7 Å². The van der Waals surface area contributed by atoms with E-state index in [1.807, 2.05) is 32.0 Å². The standard InChI is InChI=1S/C48H61N7O7/c1-8-54-37-16-15-29-24-34(37)38-39(43(61-7)40-33(42(38)54)13-10-18-50-40)48(4,5)26-62-47(60)35-14-11-19-55(52-35)46(59)36(22-28-20-31(29)23-32(56)21-28)51-44(57)41(27(2)3)53(6)45(58)30-12-9-17-49-25-30/h10,13,15-16,18,20-21,23-24,27,30,35-36,39,41,43,49,52,56H,8-9,11-12,14,17,19,22,25-26H2,1-7H3,(H,51,57)/t30?,35-,36-,39?,41-,43-/m0/s1. The molecule has 4 aliphatic rings. The second-order valence-electron chi connectivity index (χ2n) is 18.6. The number of phenols is 1. The molecule has 0 radical (unpaired) electrons. The number of hydrogen-bond acceptors (Lipinski definition) is 10. The molecule has 8 rings (SSSR count). The fourth-order valence-electron chi connectivity index (χ4n) is 10.5. The third-order valence-corrected chi connectivity index (χ3v) is 13.5. The molecular weight excluding hydrogens is 787 g/mol. The minimum absolute atomic E-state index is 0.0153. The molecule has 4 N–H and O–H groups in total. The molecular formula is C48H61N7O7. The summed E-state index contributed by atoms with van der Waals surface area (Å²) >= 11 is 0. The normalized spacial score (nSPS) is 24.2. The van der Waals surface area contributed by atoms with Crippen LogP contribution in [0.5, 0.6) is 5.75 Å². The van der Waals surface area contributed by atoms with Gasteiger partial charge in [-0.25, -0.2) is 5.43 Å². The second kappa shape index (κ2) is 17.5. The van der Waals surface area contributed by atoms with Crippen LogP contribution >= 0.6 is 0 Å². The van der Waals surface area contributed by atoms with Crippen molar-refractivity contribution in [1.29, 1.82) is 0 Å². The number of piperidine rings is 1. The highest BCUT2D eigenvalue weighted by Gasteiger charge is 2.48. The van der Waals surface area contributed by atoms with Crippen molar-refractivity contribution in [3.05, 3.63) is 71.5 Å². The highest BCUT2D eigenvalue weighted by atomic mass is 16.5. The maximum Gasteiger partial charge on any atom is 0.324 e. The number of fused-ring (bicyclic) bond motifs is 8. The summed E-state index contributed by atoms with van der Waals surface area (Å²) in [7, 11) is 3.36. The highest BCUT2D eigenvalue weighted by molar-refractivity contribution is 5.97. The number of aromatic nitrogens is 2. The van der Waals surface area contributed by atoms with E-state index in [0.717, 1.165) is 63.9 Å². The fraction of sp³-hybridized carbons (Fsp3) is 0.521. The van der Waals surface area contributed by atoms with E-state index >= 15 is 0 Å². The van der Waals surface area contributed by atoms with E-state index in [0.29, 0.717) is 38.0 Å². The number of hydrogen-bond donors (Lipinski definition) is 4. The number of methoxy groups -OCH3 is 1. The number of likely N-dealkylation sites (N-methyl/N-ethyl adjacent to an activating group) is 1. The maximum atomic E-state index is 14.7. The van der Waals surface area contributed by atoms with Crippen LogP contribution < -0.4 is 16.1 Å². The van der Waals surface area contributed by atoms with Gasteiger partial charge in [0.15, 0.2) is 0 Å². The van der Waals surface area contributed by atoms with Crippen LogP contribution in [0.1, 0.15) is 89.1 Å². The number of aromatic hydroxyl groups is 1. The molecule has 330 valence electrons. The number of cyclic esters (lactones) is 1. The van der Waals surface area contributed by atoms with Gasteiger partial charge in [-0.3, -0.25) is 29.2 Å². The molecule has 2 aromatic carbocycles. The molecule has 3 aliphatic heterocycles. The van der Waals surface area contributed by atoms with Crippen molar-refractivity contribution in [2.75, 3.05) is 40.4 Å². The van der Waals surface area contributed by atoms with Gasteiger partial charge in [-0.05, 0) is 104 Å². The first-order chi connectivity index (χ1) is 29.7. The lowest BCUT2D eigenvalue weighted by molar-refractivity contribution is -0.156. The zero-order valence-electron chi connectivity index (χ0n) is 37.0. The van der Waals surface area contributed by atoms with Crippen molar-refractivity contribution in [3.8, 4) is 28.1 Å². The molecule has 3 amide bonds. The summed E-state index contributed by atoms with van der Waals surface area (Å²) in [5.74, 6) is -2.25. The number of ether oxygens (including phenoxy) is 2. The van der Waals surface area contributed by atoms with Gasteiger partial charge in [0.1, 0.15) is 30.0 Å². The lowest BCUT2D eigenvalue weighted by Crippen LogP contribution is -2.62. The lowest BCUT2D eigenvalue weighted by Gasteiger charge is -2.42. The molecule has 2 unspecified atom stereocenters. The van der Waals surface area contributed by atoms with Gasteiger partial charge in [0.2, 0.25) is 11.8 Å². The summed E-state index contributed by atoms with van der Waals surface area (Å²) < 4.78 is 14.9. The van der Waals surface area contributed by atoms with Crippen LogP contribution in [0.2, 0.25) is 0 Å². The minimum Gasteiger partial charge on any atom is -0.508 e. The van der Waals surface area contributed by atoms with E-state index in [1.165, 1.54) is 9.91 Å². The number of pyridine rings is 1. The van der Waals surface area contributed by atoms with Crippen molar-refractivity contribution < 1.29 is 33.8 Å². The van der Waals surface area contributed by atoms with Crippen molar-refractivity contribution in [1.82, 2.24) is 35.5 Å². The summed E-state index contributed by atoms with van der Waals surface area (Å²) in [6, 6.07) is 12.9. The van der Waals surface area contributed by atoms with E-state index in [2.05, 4.69) is 59.6 Å². The highest BCUT2D eigenvalue weighted by Crippen LogP contribution is 2.57. The number of aryl methyl sites for hydroxylation is 1. The van der Waals surface area contributed by atoms with Crippen LogP contribution in [0.4, 0.5) is 0 Å². The molecule has 14 heteroatoms. The first-order valence-electron chi connectivity index (χ1n) is 22.2. The number of esters is 1. The van der Waals surface area contributed by atoms with E-state index in [-0.39, 0.29) is 42.4 Å². The van der Waals surface area contributed by atoms with Gasteiger partial charge >= 0.3 is 5.97 Å². The first-order valence-corrected chi connectivity index (χ1v) is 22.2. The molecule has 1 aliphatic carbocycles. The van der Waals surface area contributed by atoms with Crippen LogP contribution in [0.15, 0.2) is 54.7 Å². The quantitative estimate of drug-likeness (QED) is 0.175. The first kappa shape index (κ1) is 43.3. The van der Waals surface area contributed by atoms with Crippen molar-refractivity contribution in [2.45, 2.75) is 103 Å². The Morgan fingerprint density at radius 3 is 2.63 bits per heavy atom. The Morgan fingerprint density at radius 2 is 1.90 bits per heavy atom. The molecule has 2 saturated heterocycles. The Balaban J connectivity index is 1.24. The van der Waals surface area contributed by atoms with Crippen LogP contribution in [0, 0.1) is 17.3 Å². The molecule has 0 spiro atoms. The Kier molecular flexibility index (Phi) is 12.2. The Hall–Kier alpha value is -5.31. The molecule has 62 heavy (non-hydrogen) atoms. The third-order valence-electron chi connectivity index (χ3n) is 13.5. The summed E-state index contributed by atoms with van der Waals surface area (Å²) in [5.41, 5.74) is 9.69. The Morgan fingerprint density at radius 1 is 1.10 bits per heavy atom. The molecule has 6 atom stereocenters. The zero-order chi connectivity index (χ0) is 44.0. The van der Waals surface area contributed by atoms with E-state index in [1.54, 1.807) is 32.5 Å². The summed E-state index contributed by atoms with van der Waals surface area (Å²) in [5, 5.41) is 20.1. The van der Waals surface area contributed by atoms with Gasteiger partial charge in [0.05, 0.1) is 23.9 Å². The summed E-state index contributed by atoms with van der Waals surface area (Å²) in [6.45, 7) is 12.6. The monoisotopic (exact) mass is 847 g/mol. The number of nitrogens with zero attached hydrogens (tertiary/aromatic N) is 4. The van der Waals surface area contributed by atoms with Crippen LogP contribution in [0.3, 0.4) is 0 Å². The van der Waals surface area contributed by atoms with Gasteiger partial charge in [0.25, 0.3) is 5.91 Å². The molecule has 2 fully saturated rings. The van der Waals surface area contributed by atoms with Crippen molar-refractivity contribution in [2.24, 2.45) is 17.3 Å². The van der Waals surface area contributed by atoms with E-state index in [9.17, 15) is 24.3 Å². The van der Waals surface area contributed by atoms with E-state index < -0.39 is 47.4 Å². The van der Waals surface area contributed by atoms with Gasteiger partial charge in [-0.1, -0.05) is 39.8 Å². The van der Waals surface area contributed by atoms with Crippen LogP contribution in [-0.2, 0) is 41.6 Å². The predicted octanol–water partition coefficient (Wildman–Crippen LogP) is 5.47. The second-order valence-corrected chi connectivity index (χ2v) is 18.6. The topological polar surface area (TPSA) is 167 Å². The summed E-state index contributed by atoms with van der Waals surface area (Å²) in [4.78, 5) is 63.3.